The smallest absolute Gasteiger partial charge is 0.306 e. The second-order valence-electron chi connectivity index (χ2n) is 18.8. The van der Waals surface area contributed by atoms with Gasteiger partial charge in [-0.1, -0.05) is 254 Å². The van der Waals surface area contributed by atoms with E-state index < -0.39 is 6.10 Å². The molecule has 66 heavy (non-hydrogen) atoms. The van der Waals surface area contributed by atoms with Crippen molar-refractivity contribution >= 4 is 11.9 Å². The van der Waals surface area contributed by atoms with Gasteiger partial charge in [-0.25, -0.2) is 0 Å². The topological polar surface area (TPSA) is 61.8 Å². The Bertz CT molecular complexity index is 1180. The summed E-state index contributed by atoms with van der Waals surface area (Å²) in [4.78, 5) is 25.5. The van der Waals surface area contributed by atoms with E-state index in [2.05, 4.69) is 93.7 Å². The molecule has 0 aromatic rings. The zero-order valence-corrected chi connectivity index (χ0v) is 44.0. The highest BCUT2D eigenvalue weighted by Crippen LogP contribution is 2.15. The minimum absolute atomic E-state index is 0.0612. The Morgan fingerprint density at radius 3 is 1.15 bits per heavy atom. The lowest BCUT2D eigenvalue weighted by molar-refractivity contribution is -0.162. The van der Waals surface area contributed by atoms with Gasteiger partial charge in [0.05, 0.1) is 6.61 Å². The molecule has 0 aliphatic rings. The highest BCUT2D eigenvalue weighted by molar-refractivity contribution is 5.70. The Morgan fingerprint density at radius 2 is 0.697 bits per heavy atom. The van der Waals surface area contributed by atoms with Crippen LogP contribution in [0, 0.1) is 0 Å². The average molecular weight is 922 g/mol. The SMILES string of the molecule is CC/C=C\C/C=C\C/C=C\C/C=C\C/C=C\CCCC(=O)O[C@H](COCCCCCCCCCCCCCCCCCC)COC(=O)CCCCCCCCC/C=C\CCCCCCCC. The minimum atomic E-state index is -0.568. The van der Waals surface area contributed by atoms with Gasteiger partial charge < -0.3 is 14.2 Å². The van der Waals surface area contributed by atoms with Gasteiger partial charge in [0.1, 0.15) is 6.61 Å². The molecular weight excluding hydrogens is 813 g/mol. The molecule has 0 heterocycles. The first-order chi connectivity index (χ1) is 32.6. The third-order valence-corrected chi connectivity index (χ3v) is 12.2. The lowest BCUT2D eigenvalue weighted by Crippen LogP contribution is -2.30. The summed E-state index contributed by atoms with van der Waals surface area (Å²) in [6, 6.07) is 0. The number of hydrogen-bond acceptors (Lipinski definition) is 5. The van der Waals surface area contributed by atoms with Crippen LogP contribution < -0.4 is 0 Å². The molecule has 0 N–H and O–H groups in total. The molecule has 0 radical (unpaired) electrons. The van der Waals surface area contributed by atoms with E-state index in [1.165, 1.54) is 167 Å². The quantitative estimate of drug-likeness (QED) is 0.0346. The number of allylic oxidation sites excluding steroid dienone is 12. The molecule has 0 aliphatic carbocycles. The van der Waals surface area contributed by atoms with Crippen molar-refractivity contribution in [3.05, 3.63) is 72.9 Å². The first-order valence-corrected chi connectivity index (χ1v) is 28.5. The molecule has 0 saturated heterocycles. The fraction of sp³-hybridized carbons (Fsp3) is 0.770. The number of ether oxygens (including phenoxy) is 3. The normalized spacial score (nSPS) is 12.7. The summed E-state index contributed by atoms with van der Waals surface area (Å²) in [5.41, 5.74) is 0. The maximum atomic E-state index is 12.8. The third-order valence-electron chi connectivity index (χ3n) is 12.2. The molecule has 382 valence electrons. The molecule has 0 rings (SSSR count). The maximum absolute atomic E-state index is 12.8. The van der Waals surface area contributed by atoms with Crippen molar-refractivity contribution in [1.29, 1.82) is 0 Å². The monoisotopic (exact) mass is 921 g/mol. The highest BCUT2D eigenvalue weighted by atomic mass is 16.6. The molecule has 0 aromatic carbocycles. The van der Waals surface area contributed by atoms with Crippen molar-refractivity contribution in [1.82, 2.24) is 0 Å². The second kappa shape index (κ2) is 56.7. The van der Waals surface area contributed by atoms with E-state index in [4.69, 9.17) is 14.2 Å². The highest BCUT2D eigenvalue weighted by Gasteiger charge is 2.17. The largest absolute Gasteiger partial charge is 0.462 e. The Labute approximate surface area is 410 Å². The number of hydrogen-bond donors (Lipinski definition) is 0. The average Bonchev–Trinajstić information content (AvgIpc) is 3.32. The van der Waals surface area contributed by atoms with E-state index in [-0.39, 0.29) is 25.2 Å². The van der Waals surface area contributed by atoms with Crippen LogP contribution in [-0.2, 0) is 23.8 Å². The summed E-state index contributed by atoms with van der Waals surface area (Å²) in [7, 11) is 0. The van der Waals surface area contributed by atoms with Crippen molar-refractivity contribution in [3.63, 3.8) is 0 Å². The minimum Gasteiger partial charge on any atom is -0.462 e. The summed E-state index contributed by atoms with van der Waals surface area (Å²) < 4.78 is 17.4. The fourth-order valence-corrected chi connectivity index (χ4v) is 8.01. The van der Waals surface area contributed by atoms with Crippen LogP contribution >= 0.6 is 0 Å². The van der Waals surface area contributed by atoms with Crippen molar-refractivity contribution in [2.75, 3.05) is 19.8 Å². The van der Waals surface area contributed by atoms with Crippen LogP contribution in [0.25, 0.3) is 0 Å². The lowest BCUT2D eigenvalue weighted by Gasteiger charge is -2.18. The Morgan fingerprint density at radius 1 is 0.348 bits per heavy atom. The molecule has 0 bridgehead atoms. The summed E-state index contributed by atoms with van der Waals surface area (Å²) in [6.07, 6.45) is 73.5. The van der Waals surface area contributed by atoms with Crippen molar-refractivity contribution in [3.8, 4) is 0 Å². The number of carbonyl (C=O) groups excluding carboxylic acids is 2. The molecule has 0 spiro atoms. The summed E-state index contributed by atoms with van der Waals surface area (Å²) in [5.74, 6) is -0.460. The van der Waals surface area contributed by atoms with Gasteiger partial charge in [0.2, 0.25) is 0 Å². The standard InChI is InChI=1S/C61H108O5/c1-4-7-10-13-16-19-22-25-28-31-33-36-39-42-45-48-51-54-60(62)65-58-59(57-64-56-53-50-47-44-41-38-35-30-27-24-21-18-15-12-9-6-3)66-61(63)55-52-49-46-43-40-37-34-32-29-26-23-20-17-14-11-8-5-2/h8,11,17,20,25-26,28-29,34,37,43,46,59H,4-7,9-10,12-16,18-19,21-24,27,30-33,35-36,38-42,44-45,47-58H2,1-3H3/b11-8-,20-17-,28-25-,29-26-,37-34-,46-43-/t59-/m1/s1. The van der Waals surface area contributed by atoms with E-state index in [0.29, 0.717) is 19.4 Å². The Balaban J connectivity index is 4.35. The van der Waals surface area contributed by atoms with Gasteiger partial charge >= 0.3 is 11.9 Å². The van der Waals surface area contributed by atoms with Crippen LogP contribution in [0.2, 0.25) is 0 Å². The predicted octanol–water partition coefficient (Wildman–Crippen LogP) is 19.5. The van der Waals surface area contributed by atoms with E-state index in [1.807, 2.05) is 0 Å². The van der Waals surface area contributed by atoms with E-state index >= 15 is 0 Å². The molecule has 0 amide bonds. The molecule has 5 heteroatoms. The van der Waals surface area contributed by atoms with E-state index in [1.54, 1.807) is 0 Å². The second-order valence-corrected chi connectivity index (χ2v) is 18.8. The Kier molecular flexibility index (Phi) is 54.4. The summed E-state index contributed by atoms with van der Waals surface area (Å²) in [6.45, 7) is 7.68. The van der Waals surface area contributed by atoms with Gasteiger partial charge in [0, 0.05) is 19.4 Å². The van der Waals surface area contributed by atoms with Crippen LogP contribution in [0.3, 0.4) is 0 Å². The van der Waals surface area contributed by atoms with Gasteiger partial charge in [-0.3, -0.25) is 9.59 Å². The molecule has 0 unspecified atom stereocenters. The van der Waals surface area contributed by atoms with Crippen LogP contribution in [-0.4, -0.2) is 37.9 Å². The van der Waals surface area contributed by atoms with Gasteiger partial charge in [-0.05, 0) is 83.5 Å². The summed E-state index contributed by atoms with van der Waals surface area (Å²) in [5, 5.41) is 0. The fourth-order valence-electron chi connectivity index (χ4n) is 8.01. The maximum Gasteiger partial charge on any atom is 0.306 e. The molecule has 5 nitrogen and oxygen atoms in total. The van der Waals surface area contributed by atoms with Crippen LogP contribution in [0.1, 0.15) is 278 Å². The predicted molar refractivity (Wildman–Crippen MR) is 288 cm³/mol. The Hall–Kier alpha value is -2.66. The number of rotatable bonds is 52. The van der Waals surface area contributed by atoms with E-state index in [9.17, 15) is 9.59 Å². The van der Waals surface area contributed by atoms with Crippen LogP contribution in [0.4, 0.5) is 0 Å². The zero-order valence-electron chi connectivity index (χ0n) is 44.0. The number of esters is 2. The third kappa shape index (κ3) is 54.0. The van der Waals surface area contributed by atoms with Crippen LogP contribution in [0.5, 0.6) is 0 Å². The first kappa shape index (κ1) is 63.3. The lowest BCUT2D eigenvalue weighted by atomic mass is 10.0. The molecule has 0 aliphatic heterocycles. The molecule has 1 atom stereocenters. The molecule has 0 saturated carbocycles. The molecule has 0 aromatic heterocycles. The summed E-state index contributed by atoms with van der Waals surface area (Å²) >= 11 is 0. The number of carbonyl (C=O) groups is 2. The van der Waals surface area contributed by atoms with Crippen LogP contribution in [0.15, 0.2) is 72.9 Å². The first-order valence-electron chi connectivity index (χ1n) is 28.5. The van der Waals surface area contributed by atoms with Crippen molar-refractivity contribution in [2.24, 2.45) is 0 Å². The van der Waals surface area contributed by atoms with Gasteiger partial charge in [-0.2, -0.15) is 0 Å². The zero-order chi connectivity index (χ0) is 47.7. The molecule has 0 fully saturated rings. The molecular formula is C61H108O5. The van der Waals surface area contributed by atoms with E-state index in [0.717, 1.165) is 77.0 Å². The van der Waals surface area contributed by atoms with Gasteiger partial charge in [-0.15, -0.1) is 0 Å². The number of unbranched alkanes of at least 4 members (excludes halogenated alkanes) is 29. The van der Waals surface area contributed by atoms with Gasteiger partial charge in [0.15, 0.2) is 6.10 Å². The van der Waals surface area contributed by atoms with Gasteiger partial charge in [0.25, 0.3) is 0 Å². The van der Waals surface area contributed by atoms with Crippen molar-refractivity contribution < 1.29 is 23.8 Å². The van der Waals surface area contributed by atoms with Crippen molar-refractivity contribution in [2.45, 2.75) is 284 Å².